The predicted molar refractivity (Wildman–Crippen MR) is 147 cm³/mol. The number of nitrogens with zero attached hydrogens (tertiary/aromatic N) is 2. The second kappa shape index (κ2) is 11.1. The Morgan fingerprint density at radius 1 is 0.800 bits per heavy atom. The topological polar surface area (TPSA) is 464 Å². The number of aliphatic hydroxyl groups is 14. The van der Waals surface area contributed by atoms with Crippen molar-refractivity contribution in [3.8, 4) is 40.2 Å². The van der Waals surface area contributed by atoms with E-state index in [0.717, 1.165) is 0 Å². The lowest BCUT2D eigenvalue weighted by atomic mass is 9.72. The highest BCUT2D eigenvalue weighted by atomic mass is 79.9. The van der Waals surface area contributed by atoms with Crippen LogP contribution in [-0.2, 0) is 0 Å². The number of likely N-dealkylation sites (tertiary alicyclic amines) is 1. The molecule has 0 radical (unpaired) electrons. The predicted octanol–water partition coefficient (Wildman–Crippen LogP) is -7.60. The van der Waals surface area contributed by atoms with Gasteiger partial charge in [0.2, 0.25) is 11.5 Å². The van der Waals surface area contributed by atoms with E-state index in [-0.39, 0.29) is 0 Å². The minimum atomic E-state index is -5.69. The quantitative estimate of drug-likeness (QED) is 0.0600. The van der Waals surface area contributed by atoms with Crippen LogP contribution in [0.3, 0.4) is 0 Å². The maximum atomic E-state index is 14.8. The number of hydrogen-bond acceptors (Lipinski definition) is 25. The fourth-order valence-electron chi connectivity index (χ4n) is 4.93. The van der Waals surface area contributed by atoms with Crippen LogP contribution in [0.2, 0.25) is 0 Å². The van der Waals surface area contributed by atoms with Crippen LogP contribution in [0.15, 0.2) is 9.27 Å². The monoisotopic (exact) mass is 794 g/mol. The maximum Gasteiger partial charge on any atom is 0.364 e. The first kappa shape index (κ1) is 38.6. The average Bonchev–Trinajstić information content (AvgIpc) is 2.97. The molecule has 28 heteroatoms. The molecule has 1 aliphatic heterocycles. The number of aromatic hydroxyl groups is 5. The van der Waals surface area contributed by atoms with E-state index >= 15 is 0 Å². The first-order chi connectivity index (χ1) is 22.4. The third kappa shape index (κ3) is 4.76. The fourth-order valence-corrected chi connectivity index (χ4v) is 5.29. The van der Waals surface area contributed by atoms with E-state index in [1.807, 2.05) is 5.32 Å². The second-order valence-corrected chi connectivity index (χ2v) is 11.1. The average molecular weight is 795 g/mol. The molecule has 0 amide bonds. The van der Waals surface area contributed by atoms with Gasteiger partial charge in [-0.3, -0.25) is 0 Å². The minimum Gasteiger partial charge on any atom is -0.504 e. The molecule has 1 aliphatic rings. The Balaban J connectivity index is 2.00. The summed E-state index contributed by atoms with van der Waals surface area (Å²) < 4.78 is 23.3. The van der Waals surface area contributed by atoms with Gasteiger partial charge in [0.25, 0.3) is 29.0 Å². The summed E-state index contributed by atoms with van der Waals surface area (Å²) in [6.45, 7) is 0. The van der Waals surface area contributed by atoms with Crippen molar-refractivity contribution in [3.63, 3.8) is 0 Å². The molecule has 1 saturated heterocycles. The Morgan fingerprint density at radius 3 is 1.76 bits per heavy atom. The summed E-state index contributed by atoms with van der Waals surface area (Å²) in [4.78, 5) is 15.6. The summed E-state index contributed by atoms with van der Waals surface area (Å²) in [6, 6.07) is 0. The molecule has 3 aromatic rings. The van der Waals surface area contributed by atoms with Crippen molar-refractivity contribution in [3.05, 3.63) is 20.8 Å². The summed E-state index contributed by atoms with van der Waals surface area (Å²) in [5.41, 5.74) is -9.67. The van der Waals surface area contributed by atoms with Crippen LogP contribution in [0, 0.1) is 5.82 Å². The van der Waals surface area contributed by atoms with Gasteiger partial charge in [-0.15, -0.1) is 4.90 Å². The molecule has 26 nitrogen and oxygen atoms in total. The highest BCUT2D eigenvalue weighted by Crippen LogP contribution is 2.58. The van der Waals surface area contributed by atoms with Crippen molar-refractivity contribution in [1.29, 1.82) is 0 Å². The lowest BCUT2D eigenvalue weighted by Gasteiger charge is -2.64. The lowest BCUT2D eigenvalue weighted by Crippen LogP contribution is -2.99. The van der Waals surface area contributed by atoms with E-state index in [1.165, 1.54) is 0 Å². The molecule has 1 aromatic heterocycles. The van der Waals surface area contributed by atoms with Gasteiger partial charge in [0.05, 0.1) is 12.5 Å². The zero-order valence-electron chi connectivity index (χ0n) is 23.9. The number of nitrogens with one attached hydrogen (secondary N) is 2. The Hall–Kier alpha value is -4.21. The summed E-state index contributed by atoms with van der Waals surface area (Å²) in [6.07, 6.45) is -5.12. The Morgan fingerprint density at radius 2 is 1.30 bits per heavy atom. The Kier molecular flexibility index (Phi) is 8.60. The third-order valence-corrected chi connectivity index (χ3v) is 8.13. The Labute approximate surface area is 278 Å². The molecule has 50 heavy (non-hydrogen) atoms. The van der Waals surface area contributed by atoms with Gasteiger partial charge < -0.3 is 117 Å². The number of fused-ring (bicyclic) bond motifs is 1. The molecule has 2 heterocycles. The number of piperidine rings is 1. The SMILES string of the molecule is COc1c(OC(O)(O)C2(O)C(O)(O)C(O)(O)N(C(O)(O)O)C(O)(O)C2(O)O)c(O)c2[nH]c(=O)nc(Nc3c(O)c(O)c(Br)c(O)c3F)c2c1O. The molecule has 0 bridgehead atoms. The number of anilines is 2. The van der Waals surface area contributed by atoms with Crippen molar-refractivity contribution >= 4 is 38.3 Å². The van der Waals surface area contributed by atoms with E-state index in [1.54, 1.807) is 4.98 Å². The van der Waals surface area contributed by atoms with E-state index in [9.17, 15) is 106 Å². The van der Waals surface area contributed by atoms with Gasteiger partial charge in [-0.05, 0) is 15.9 Å². The normalized spacial score (nSPS) is 19.7. The molecule has 2 aromatic carbocycles. The first-order valence-electron chi connectivity index (χ1n) is 12.5. The number of rotatable bonds is 7. The maximum absolute atomic E-state index is 14.8. The molecule has 4 rings (SSSR count). The number of benzene rings is 2. The van der Waals surface area contributed by atoms with E-state index in [0.29, 0.717) is 7.11 Å². The van der Waals surface area contributed by atoms with Gasteiger partial charge in [-0.2, -0.15) is 4.98 Å². The molecule has 0 spiro atoms. The van der Waals surface area contributed by atoms with Crippen LogP contribution in [0.1, 0.15) is 0 Å². The molecular formula is C22H24BrFN4O22. The standard InChI is InChI=1S/C22H24BrFN4O22/c1-49-12-7(29)2-5(26-15(34)27-14(2)25-6-4(24)8(30)3(23)9(31)10(6)32)11(33)13(12)50-21(44,45)16(35)17(36,37)19(40,41)28(22(46,47)48)20(42,43)18(16,38)39/h29-33,35-48H,1H3,(H2,25,26,27,34). The van der Waals surface area contributed by atoms with Crippen LogP contribution >= 0.6 is 15.9 Å². The lowest BCUT2D eigenvalue weighted by molar-refractivity contribution is -0.665. The molecular weight excluding hydrogens is 771 g/mol. The number of halogens is 2. The van der Waals surface area contributed by atoms with E-state index < -0.39 is 125 Å². The van der Waals surface area contributed by atoms with Gasteiger partial charge in [-0.25, -0.2) is 9.18 Å². The van der Waals surface area contributed by atoms with Crippen molar-refractivity contribution in [1.82, 2.24) is 14.9 Å². The van der Waals surface area contributed by atoms with Gasteiger partial charge in [0, 0.05) is 0 Å². The highest BCUT2D eigenvalue weighted by molar-refractivity contribution is 9.10. The van der Waals surface area contributed by atoms with Crippen molar-refractivity contribution in [2.75, 3.05) is 12.4 Å². The highest BCUT2D eigenvalue weighted by Gasteiger charge is 2.93. The molecule has 278 valence electrons. The second-order valence-electron chi connectivity index (χ2n) is 10.3. The van der Waals surface area contributed by atoms with E-state index in [4.69, 9.17) is 4.74 Å². The summed E-state index contributed by atoms with van der Waals surface area (Å²) >= 11 is 2.58. The number of hydrogen-bond donors (Lipinski definition) is 21. The van der Waals surface area contributed by atoms with Gasteiger partial charge in [-0.1, -0.05) is 0 Å². The number of phenols is 5. The Bertz CT molecular complexity index is 1900. The first-order valence-corrected chi connectivity index (χ1v) is 13.3. The molecule has 0 aliphatic carbocycles. The van der Waals surface area contributed by atoms with Crippen LogP contribution in [0.25, 0.3) is 10.9 Å². The molecule has 1 fully saturated rings. The number of methoxy groups -OCH3 is 1. The zero-order chi connectivity index (χ0) is 38.7. The molecule has 0 unspecified atom stereocenters. The smallest absolute Gasteiger partial charge is 0.364 e. The van der Waals surface area contributed by atoms with Crippen molar-refractivity contribution in [2.24, 2.45) is 0 Å². The van der Waals surface area contributed by atoms with Crippen molar-refractivity contribution in [2.45, 2.75) is 41.1 Å². The number of ether oxygens (including phenoxy) is 2. The minimum absolute atomic E-state index is 0.590. The largest absolute Gasteiger partial charge is 0.504 e. The number of phenolic OH excluding ortho intramolecular Hbond substituents is 5. The summed E-state index contributed by atoms with van der Waals surface area (Å²) in [5.74, 6) is -40.7. The van der Waals surface area contributed by atoms with Crippen LogP contribution in [-0.4, -0.2) is 160 Å². The van der Waals surface area contributed by atoms with Crippen molar-refractivity contribution < 1.29 is 111 Å². The number of aromatic amines is 1. The molecule has 21 N–H and O–H groups in total. The molecule has 0 saturated carbocycles. The van der Waals surface area contributed by atoms with Gasteiger partial charge in [0.1, 0.15) is 21.5 Å². The number of aromatic nitrogens is 2. The van der Waals surface area contributed by atoms with Gasteiger partial charge in [0.15, 0.2) is 34.6 Å². The molecule has 0 atom stereocenters. The zero-order valence-corrected chi connectivity index (χ0v) is 25.5. The third-order valence-electron chi connectivity index (χ3n) is 7.38. The summed E-state index contributed by atoms with van der Waals surface area (Å²) in [5, 5.41) is 196. The van der Waals surface area contributed by atoms with E-state index in [2.05, 4.69) is 25.7 Å². The van der Waals surface area contributed by atoms with Crippen LogP contribution in [0.4, 0.5) is 15.9 Å². The summed E-state index contributed by atoms with van der Waals surface area (Å²) in [7, 11) is 0.590. The van der Waals surface area contributed by atoms with Crippen LogP contribution < -0.4 is 20.5 Å². The van der Waals surface area contributed by atoms with Crippen LogP contribution in [0.5, 0.6) is 40.2 Å². The number of H-pyrrole nitrogens is 1. The van der Waals surface area contributed by atoms with Gasteiger partial charge >= 0.3 is 17.8 Å². The fraction of sp³-hybridized carbons (Fsp3) is 0.364.